The van der Waals surface area contributed by atoms with Gasteiger partial charge in [0.15, 0.2) is 0 Å². The average Bonchev–Trinajstić information content (AvgIpc) is 3.33. The van der Waals surface area contributed by atoms with Gasteiger partial charge in [-0.3, -0.25) is 18.8 Å². The molecular formula is C21H23ClN4O5S2. The number of hydrogen-bond acceptors (Lipinski definition) is 7. The molecule has 2 aliphatic heterocycles. The van der Waals surface area contributed by atoms with Crippen LogP contribution in [0.2, 0.25) is 5.02 Å². The second-order valence-electron chi connectivity index (χ2n) is 7.85. The van der Waals surface area contributed by atoms with E-state index >= 15 is 0 Å². The predicted octanol–water partition coefficient (Wildman–Crippen LogP) is 3.16. The fourth-order valence-electron chi connectivity index (χ4n) is 4.05. The van der Waals surface area contributed by atoms with Crippen LogP contribution in [0.5, 0.6) is 0 Å². The first-order valence-corrected chi connectivity index (χ1v) is 12.8. The second kappa shape index (κ2) is 9.92. The monoisotopic (exact) mass is 510 g/mol. The first kappa shape index (κ1) is 23.9. The van der Waals surface area contributed by atoms with E-state index < -0.39 is 10.4 Å². The van der Waals surface area contributed by atoms with E-state index in [0.29, 0.717) is 6.42 Å². The van der Waals surface area contributed by atoms with Crippen LogP contribution in [0.25, 0.3) is 10.1 Å². The highest BCUT2D eigenvalue weighted by molar-refractivity contribution is 7.79. The highest BCUT2D eigenvalue weighted by Crippen LogP contribution is 2.31. The highest BCUT2D eigenvalue weighted by atomic mass is 35.5. The number of amides is 1. The number of nitrogens with one attached hydrogen (secondary N) is 1. The van der Waals surface area contributed by atoms with Gasteiger partial charge in [-0.05, 0) is 47.3 Å². The Morgan fingerprint density at radius 3 is 2.55 bits per heavy atom. The van der Waals surface area contributed by atoms with Crippen molar-refractivity contribution in [3.8, 4) is 0 Å². The van der Waals surface area contributed by atoms with E-state index in [4.69, 9.17) is 29.1 Å². The smallest absolute Gasteiger partial charge is 0.353 e. The number of carbonyl (C=O) groups excluding carboxylic acids is 1. The number of nitrogens with zero attached hydrogens (tertiary/aromatic N) is 3. The molecule has 0 saturated carbocycles. The van der Waals surface area contributed by atoms with E-state index in [1.807, 2.05) is 6.07 Å². The lowest BCUT2D eigenvalue weighted by Crippen LogP contribution is -2.47. The molecule has 0 atom stereocenters. The number of anilines is 2. The van der Waals surface area contributed by atoms with E-state index in [-0.39, 0.29) is 5.91 Å². The molecule has 1 amide bonds. The van der Waals surface area contributed by atoms with Gasteiger partial charge in [0.05, 0.1) is 11.1 Å². The third kappa shape index (κ3) is 6.19. The Labute approximate surface area is 200 Å². The number of carbonyl (C=O) groups is 1. The summed E-state index contributed by atoms with van der Waals surface area (Å²) in [5.41, 5.74) is 3.05. The Bertz CT molecular complexity index is 1260. The standard InChI is InChI=1S/C21H21ClN4OS.H2O4S/c22-17-13-18-15(12-20(27)23-18)11-14(17)5-6-25-7-9-26(10-8-25)21-16-3-1-2-4-19(16)28-24-21;1-5(2,3)4/h1-4,11,13H,5-10,12H2,(H,23,27);(H2,1,2,3,4). The fourth-order valence-corrected chi connectivity index (χ4v) is 5.11. The van der Waals surface area contributed by atoms with Crippen LogP contribution in [0.3, 0.4) is 0 Å². The van der Waals surface area contributed by atoms with Crippen LogP contribution in [-0.2, 0) is 28.0 Å². The van der Waals surface area contributed by atoms with Gasteiger partial charge < -0.3 is 10.2 Å². The van der Waals surface area contributed by atoms with Crippen LogP contribution in [-0.4, -0.2) is 65.4 Å². The van der Waals surface area contributed by atoms with Crippen molar-refractivity contribution in [3.05, 3.63) is 52.5 Å². The Morgan fingerprint density at radius 1 is 1.12 bits per heavy atom. The van der Waals surface area contributed by atoms with Gasteiger partial charge in [-0.1, -0.05) is 29.8 Å². The van der Waals surface area contributed by atoms with Crippen LogP contribution < -0.4 is 10.2 Å². The van der Waals surface area contributed by atoms with Crippen LogP contribution >= 0.6 is 23.1 Å². The third-order valence-corrected chi connectivity index (χ3v) is 6.79. The van der Waals surface area contributed by atoms with Gasteiger partial charge in [0.25, 0.3) is 0 Å². The van der Waals surface area contributed by atoms with Crippen LogP contribution in [0.1, 0.15) is 11.1 Å². The van der Waals surface area contributed by atoms with Gasteiger partial charge in [-0.15, -0.1) is 0 Å². The summed E-state index contributed by atoms with van der Waals surface area (Å²) in [6, 6.07) is 12.4. The molecule has 9 nitrogen and oxygen atoms in total. The number of piperazine rings is 1. The topological polar surface area (TPSA) is 123 Å². The minimum atomic E-state index is -4.67. The zero-order valence-electron chi connectivity index (χ0n) is 17.6. The van der Waals surface area contributed by atoms with E-state index in [2.05, 4.69) is 49.8 Å². The lowest BCUT2D eigenvalue weighted by molar-refractivity contribution is -0.115. The number of rotatable bonds is 4. The first-order valence-electron chi connectivity index (χ1n) is 10.3. The molecule has 1 aromatic heterocycles. The maximum Gasteiger partial charge on any atom is 0.394 e. The molecule has 0 bridgehead atoms. The molecule has 33 heavy (non-hydrogen) atoms. The van der Waals surface area contributed by atoms with Crippen molar-refractivity contribution in [2.45, 2.75) is 12.8 Å². The minimum absolute atomic E-state index is 0.0499. The van der Waals surface area contributed by atoms with Gasteiger partial charge in [-0.25, -0.2) is 0 Å². The first-order chi connectivity index (χ1) is 15.7. The maximum atomic E-state index is 11.6. The summed E-state index contributed by atoms with van der Waals surface area (Å²) >= 11 is 8.01. The molecule has 0 spiro atoms. The average molecular weight is 511 g/mol. The number of hydrogen-bond donors (Lipinski definition) is 3. The summed E-state index contributed by atoms with van der Waals surface area (Å²) < 4.78 is 37.5. The molecule has 3 N–H and O–H groups in total. The normalized spacial score (nSPS) is 16.3. The summed E-state index contributed by atoms with van der Waals surface area (Å²) in [6.45, 7) is 5.00. The van der Waals surface area contributed by atoms with Gasteiger partial charge in [-0.2, -0.15) is 12.8 Å². The van der Waals surface area contributed by atoms with Crippen molar-refractivity contribution < 1.29 is 22.3 Å². The molecule has 0 radical (unpaired) electrons. The van der Waals surface area contributed by atoms with Crippen molar-refractivity contribution >= 4 is 61.0 Å². The zero-order valence-corrected chi connectivity index (χ0v) is 20.0. The molecule has 12 heteroatoms. The molecule has 3 aromatic rings. The fraction of sp³-hybridized carbons (Fsp3) is 0.333. The Kier molecular flexibility index (Phi) is 7.17. The summed E-state index contributed by atoms with van der Waals surface area (Å²) in [4.78, 5) is 16.4. The van der Waals surface area contributed by atoms with Crippen molar-refractivity contribution in [2.24, 2.45) is 0 Å². The van der Waals surface area contributed by atoms with Crippen molar-refractivity contribution in [1.82, 2.24) is 9.27 Å². The number of aromatic nitrogens is 1. The molecule has 1 fully saturated rings. The molecule has 2 aliphatic rings. The number of halogens is 1. The Balaban J connectivity index is 0.000000471. The van der Waals surface area contributed by atoms with Gasteiger partial charge in [0.2, 0.25) is 5.91 Å². The molecule has 0 unspecified atom stereocenters. The van der Waals surface area contributed by atoms with Crippen molar-refractivity contribution in [2.75, 3.05) is 42.9 Å². The molecule has 176 valence electrons. The summed E-state index contributed by atoms with van der Waals surface area (Å²) in [5, 5.41) is 4.86. The second-order valence-corrected chi connectivity index (χ2v) is 9.96. The highest BCUT2D eigenvalue weighted by Gasteiger charge is 2.22. The predicted molar refractivity (Wildman–Crippen MR) is 130 cm³/mol. The largest absolute Gasteiger partial charge is 0.394 e. The third-order valence-electron chi connectivity index (χ3n) is 5.62. The molecule has 3 heterocycles. The summed E-state index contributed by atoms with van der Waals surface area (Å²) in [5.74, 6) is 1.17. The molecule has 5 rings (SSSR count). The minimum Gasteiger partial charge on any atom is -0.353 e. The number of fused-ring (bicyclic) bond motifs is 2. The quantitative estimate of drug-likeness (QED) is 0.457. The molecular weight excluding hydrogens is 488 g/mol. The van der Waals surface area contributed by atoms with Crippen LogP contribution in [0.4, 0.5) is 11.5 Å². The maximum absolute atomic E-state index is 11.6. The van der Waals surface area contributed by atoms with Crippen LogP contribution in [0, 0.1) is 0 Å². The van der Waals surface area contributed by atoms with Crippen LogP contribution in [0.15, 0.2) is 36.4 Å². The lowest BCUT2D eigenvalue weighted by Gasteiger charge is -2.35. The van der Waals surface area contributed by atoms with E-state index in [9.17, 15) is 4.79 Å². The summed E-state index contributed by atoms with van der Waals surface area (Å²) in [6.07, 6.45) is 1.36. The van der Waals surface area contributed by atoms with Gasteiger partial charge >= 0.3 is 10.4 Å². The van der Waals surface area contributed by atoms with Crippen molar-refractivity contribution in [3.63, 3.8) is 0 Å². The summed E-state index contributed by atoms with van der Waals surface area (Å²) in [7, 11) is -4.67. The van der Waals surface area contributed by atoms with E-state index in [1.165, 1.54) is 10.1 Å². The Hall–Kier alpha value is -2.28. The lowest BCUT2D eigenvalue weighted by atomic mass is 10.1. The SMILES string of the molecule is O=C1Cc2cc(CCN3CCN(c4nsc5ccccc45)CC3)c(Cl)cc2N1.O=S(=O)(O)O. The Morgan fingerprint density at radius 2 is 1.82 bits per heavy atom. The van der Waals surface area contributed by atoms with Gasteiger partial charge in [0, 0.05) is 48.8 Å². The van der Waals surface area contributed by atoms with Gasteiger partial charge in [0.1, 0.15) is 5.82 Å². The van der Waals surface area contributed by atoms with Crippen molar-refractivity contribution in [1.29, 1.82) is 0 Å². The molecule has 1 saturated heterocycles. The molecule has 0 aliphatic carbocycles. The molecule has 2 aromatic carbocycles. The zero-order chi connectivity index (χ0) is 23.6. The number of benzene rings is 2. The van der Waals surface area contributed by atoms with E-state index in [0.717, 1.165) is 66.8 Å². The van der Waals surface area contributed by atoms with E-state index in [1.54, 1.807) is 11.5 Å².